The van der Waals surface area contributed by atoms with Gasteiger partial charge in [-0.15, -0.1) is 0 Å². The predicted molar refractivity (Wildman–Crippen MR) is 189 cm³/mol. The fourth-order valence-corrected chi connectivity index (χ4v) is 8.21. The third-order valence-corrected chi connectivity index (χ3v) is 10.0. The Morgan fingerprint density at radius 1 is 0.812 bits per heavy atom. The van der Waals surface area contributed by atoms with Gasteiger partial charge in [0.15, 0.2) is 0 Å². The number of carbonyl (C=O) groups is 2. The minimum Gasteiger partial charge on any atom is -0.508 e. The molecule has 4 aliphatic carbocycles. The Hall–Kier alpha value is -4.26. The molecule has 0 aliphatic heterocycles. The van der Waals surface area contributed by atoms with Gasteiger partial charge in [0, 0.05) is 13.0 Å². The van der Waals surface area contributed by atoms with Crippen LogP contribution in [0.25, 0.3) is 5.57 Å². The van der Waals surface area contributed by atoms with Gasteiger partial charge in [0.2, 0.25) is 5.91 Å². The van der Waals surface area contributed by atoms with Gasteiger partial charge in [-0.25, -0.2) is 4.79 Å². The highest BCUT2D eigenvalue weighted by molar-refractivity contribution is 5.86. The molecule has 3 N–H and O–H groups in total. The first-order valence-electron chi connectivity index (χ1n) is 17.7. The number of nitrogens with one attached hydrogen (secondary N) is 2. The number of benzene rings is 3. The predicted octanol–water partition coefficient (Wildman–Crippen LogP) is 8.06. The van der Waals surface area contributed by atoms with E-state index < -0.39 is 17.7 Å². The summed E-state index contributed by atoms with van der Waals surface area (Å²) in [5, 5.41) is 15.7. The number of aromatic hydroxyl groups is 1. The van der Waals surface area contributed by atoms with Crippen LogP contribution in [0.5, 0.6) is 11.5 Å². The van der Waals surface area contributed by atoms with Crippen LogP contribution in [0.3, 0.4) is 0 Å². The summed E-state index contributed by atoms with van der Waals surface area (Å²) < 4.78 is 11.5. The number of ether oxygens (including phenoxy) is 2. The van der Waals surface area contributed by atoms with Gasteiger partial charge in [-0.2, -0.15) is 0 Å². The van der Waals surface area contributed by atoms with Crippen molar-refractivity contribution in [1.82, 2.24) is 10.6 Å². The second-order valence-corrected chi connectivity index (χ2v) is 14.9. The number of allylic oxidation sites excluding steroid dienone is 1. The normalized spacial score (nSPS) is 21.8. The molecule has 3 aromatic rings. The Morgan fingerprint density at radius 3 is 2.02 bits per heavy atom. The van der Waals surface area contributed by atoms with E-state index in [9.17, 15) is 14.7 Å². The highest BCUT2D eigenvalue weighted by Gasteiger charge is 2.46. The number of hydrogen-bond donors (Lipinski definition) is 3. The van der Waals surface area contributed by atoms with E-state index in [4.69, 9.17) is 9.47 Å². The lowest BCUT2D eigenvalue weighted by atomic mass is 9.53. The first kappa shape index (κ1) is 33.6. The highest BCUT2D eigenvalue weighted by Crippen LogP contribution is 2.58. The van der Waals surface area contributed by atoms with Crippen molar-refractivity contribution in [2.24, 2.45) is 23.7 Å². The fraction of sp³-hybridized carbons (Fsp3) is 0.463. The molecule has 7 heteroatoms. The number of phenols is 1. The Morgan fingerprint density at radius 2 is 1.42 bits per heavy atom. The van der Waals surface area contributed by atoms with E-state index >= 15 is 0 Å². The summed E-state index contributed by atoms with van der Waals surface area (Å²) in [6.45, 7) is 6.41. The van der Waals surface area contributed by atoms with Crippen molar-refractivity contribution >= 4 is 17.6 Å². The fourth-order valence-electron chi connectivity index (χ4n) is 8.21. The second kappa shape index (κ2) is 14.9. The molecule has 1 unspecified atom stereocenters. The first-order valence-corrected chi connectivity index (χ1v) is 17.7. The van der Waals surface area contributed by atoms with E-state index in [1.807, 2.05) is 30.3 Å². The van der Waals surface area contributed by atoms with Crippen LogP contribution in [-0.2, 0) is 16.0 Å². The lowest BCUT2D eigenvalue weighted by Gasteiger charge is -2.52. The van der Waals surface area contributed by atoms with Crippen molar-refractivity contribution in [3.63, 3.8) is 0 Å². The molecule has 1 atom stereocenters. The lowest BCUT2D eigenvalue weighted by molar-refractivity contribution is -0.123. The maximum Gasteiger partial charge on any atom is 0.408 e. The zero-order valence-electron chi connectivity index (χ0n) is 28.5. The van der Waals surface area contributed by atoms with Gasteiger partial charge >= 0.3 is 6.09 Å². The number of rotatable bonds is 12. The zero-order chi connectivity index (χ0) is 33.7. The molecule has 7 nitrogen and oxygen atoms in total. The van der Waals surface area contributed by atoms with Crippen molar-refractivity contribution in [2.75, 3.05) is 13.2 Å². The summed E-state index contributed by atoms with van der Waals surface area (Å²) >= 11 is 0. The number of unbranched alkanes of at least 4 members (excludes halogenated alkanes) is 1. The molecule has 0 spiro atoms. The molecule has 2 amide bonds. The van der Waals surface area contributed by atoms with Crippen LogP contribution >= 0.6 is 0 Å². The van der Waals surface area contributed by atoms with Crippen molar-refractivity contribution in [3.8, 4) is 11.5 Å². The van der Waals surface area contributed by atoms with E-state index in [0.717, 1.165) is 36.0 Å². The van der Waals surface area contributed by atoms with Gasteiger partial charge in [-0.1, -0.05) is 60.2 Å². The summed E-state index contributed by atoms with van der Waals surface area (Å²) in [4.78, 5) is 25.5. The lowest BCUT2D eigenvalue weighted by Crippen LogP contribution is -2.49. The van der Waals surface area contributed by atoms with Crippen LogP contribution in [0.2, 0.25) is 0 Å². The smallest absolute Gasteiger partial charge is 0.408 e. The van der Waals surface area contributed by atoms with Crippen molar-refractivity contribution in [2.45, 2.75) is 83.8 Å². The summed E-state index contributed by atoms with van der Waals surface area (Å²) in [7, 11) is 0. The molecular weight excluding hydrogens is 600 g/mol. The van der Waals surface area contributed by atoms with Crippen LogP contribution in [-0.4, -0.2) is 41.9 Å². The number of hydrogen-bond acceptors (Lipinski definition) is 5. The minimum atomic E-state index is -0.739. The SMILES string of the molecule is CC(C)(C)OC(=O)NC(Cc1ccccc1)C(=O)NCCCCOc1ccc(C(=C2C3CC4CC(C3)CC2C4)c2ccc(O)cc2)cc1. The maximum absolute atomic E-state index is 13.1. The van der Waals surface area contributed by atoms with Gasteiger partial charge in [0.05, 0.1) is 6.61 Å². The molecule has 4 aliphatic rings. The molecule has 7 rings (SSSR count). The topological polar surface area (TPSA) is 96.9 Å². The van der Waals surface area contributed by atoms with E-state index in [0.29, 0.717) is 37.2 Å². The number of carbonyl (C=O) groups excluding carboxylic acids is 2. The van der Waals surface area contributed by atoms with Gasteiger partial charge in [0.25, 0.3) is 0 Å². The van der Waals surface area contributed by atoms with E-state index in [1.165, 1.54) is 48.8 Å². The summed E-state index contributed by atoms with van der Waals surface area (Å²) in [6, 6.07) is 25.1. The van der Waals surface area contributed by atoms with Crippen molar-refractivity contribution < 1.29 is 24.2 Å². The maximum atomic E-state index is 13.1. The Balaban J connectivity index is 1.02. The van der Waals surface area contributed by atoms with E-state index in [-0.39, 0.29) is 5.91 Å². The van der Waals surface area contributed by atoms with Crippen LogP contribution in [0.1, 0.15) is 82.4 Å². The molecular formula is C41H50N2O5. The number of alkyl carbamates (subject to hydrolysis) is 1. The largest absolute Gasteiger partial charge is 0.508 e. The Bertz CT molecular complexity index is 1540. The molecule has 0 aromatic heterocycles. The molecule has 4 bridgehead atoms. The summed E-state index contributed by atoms with van der Waals surface area (Å²) in [5.41, 5.74) is 5.67. The minimum absolute atomic E-state index is 0.237. The Labute approximate surface area is 285 Å². The zero-order valence-corrected chi connectivity index (χ0v) is 28.5. The number of phenolic OH excluding ortho intramolecular Hbond substituents is 1. The molecule has 0 radical (unpaired) electrons. The van der Waals surface area contributed by atoms with Crippen molar-refractivity contribution in [1.29, 1.82) is 0 Å². The second-order valence-electron chi connectivity index (χ2n) is 14.9. The van der Waals surface area contributed by atoms with Gasteiger partial charge in [-0.3, -0.25) is 4.79 Å². The van der Waals surface area contributed by atoms with Crippen molar-refractivity contribution in [3.05, 3.63) is 101 Å². The quantitative estimate of drug-likeness (QED) is 0.172. The van der Waals surface area contributed by atoms with Gasteiger partial charge in [0.1, 0.15) is 23.1 Å². The summed E-state index contributed by atoms with van der Waals surface area (Å²) in [5.74, 6) is 4.01. The Kier molecular flexibility index (Phi) is 10.4. The molecule has 0 heterocycles. The average molecular weight is 651 g/mol. The third-order valence-electron chi connectivity index (χ3n) is 10.0. The van der Waals surface area contributed by atoms with Gasteiger partial charge in [-0.05, 0) is 136 Å². The molecule has 48 heavy (non-hydrogen) atoms. The molecule has 4 fully saturated rings. The van der Waals surface area contributed by atoms with Crippen LogP contribution in [0.15, 0.2) is 84.4 Å². The van der Waals surface area contributed by atoms with E-state index in [2.05, 4.69) is 47.0 Å². The molecule has 4 saturated carbocycles. The van der Waals surface area contributed by atoms with Crippen LogP contribution in [0.4, 0.5) is 4.79 Å². The van der Waals surface area contributed by atoms with E-state index in [1.54, 1.807) is 38.5 Å². The monoisotopic (exact) mass is 650 g/mol. The molecule has 254 valence electrons. The van der Waals surface area contributed by atoms with Crippen LogP contribution < -0.4 is 15.4 Å². The first-order chi connectivity index (χ1) is 23.1. The summed E-state index contributed by atoms with van der Waals surface area (Å²) in [6.07, 6.45) is 7.99. The number of amides is 2. The highest BCUT2D eigenvalue weighted by atomic mass is 16.6. The standard InChI is InChI=1S/C41H50N2O5/c1-41(2,3)48-40(46)43-36(26-27-9-5-4-6-10-27)39(45)42-19-7-8-20-47-35-17-13-31(14-18-35)37(30-11-15-34(44)16-12-30)38-32-22-28-21-29(24-32)25-33(38)23-28/h4-6,9-18,28-29,32-33,36,44H,7-8,19-26H2,1-3H3,(H,42,45)(H,43,46). The van der Waals surface area contributed by atoms with Gasteiger partial charge < -0.3 is 25.2 Å². The molecule has 0 saturated heterocycles. The third kappa shape index (κ3) is 8.60. The average Bonchev–Trinajstić information content (AvgIpc) is 3.04. The van der Waals surface area contributed by atoms with Crippen LogP contribution in [0, 0.1) is 23.7 Å². The molecule has 3 aromatic carbocycles.